The molecule has 1 aromatic heterocycles. The molecule has 0 amide bonds. The summed E-state index contributed by atoms with van der Waals surface area (Å²) >= 11 is 1.79. The Labute approximate surface area is 85.4 Å². The average molecular weight is 195 g/mol. The Morgan fingerprint density at radius 2 is 2.00 bits per heavy atom. The highest BCUT2D eigenvalue weighted by Gasteiger charge is 2.31. The minimum absolute atomic E-state index is 0.0359. The molecule has 1 rings (SSSR count). The molecule has 1 nitrogen and oxygen atoms in total. The highest BCUT2D eigenvalue weighted by Crippen LogP contribution is 2.35. The molecule has 0 unspecified atom stereocenters. The largest absolute Gasteiger partial charge is 0.299 e. The maximum Gasteiger partial charge on any atom is 0.0548 e. The lowest BCUT2D eigenvalue weighted by Crippen LogP contribution is -2.39. The summed E-state index contributed by atoms with van der Waals surface area (Å²) in [5.74, 6) is 0. The first-order chi connectivity index (χ1) is 6.17. The molecule has 0 saturated carbocycles. The number of hydrogen-bond donors (Lipinski definition) is 0. The van der Waals surface area contributed by atoms with Crippen LogP contribution in [0.2, 0.25) is 0 Å². The maximum absolute atomic E-state index is 4.03. The van der Waals surface area contributed by atoms with Crippen molar-refractivity contribution in [1.29, 1.82) is 0 Å². The van der Waals surface area contributed by atoms with E-state index in [2.05, 4.69) is 50.4 Å². The van der Waals surface area contributed by atoms with E-state index >= 15 is 0 Å². The van der Waals surface area contributed by atoms with Gasteiger partial charge < -0.3 is 0 Å². The number of hydrogen-bond acceptors (Lipinski definition) is 2. The van der Waals surface area contributed by atoms with Crippen LogP contribution in [-0.2, 0) is 5.54 Å². The second-order valence-corrected chi connectivity index (χ2v) is 4.35. The van der Waals surface area contributed by atoms with Crippen LogP contribution in [0.5, 0.6) is 0 Å². The predicted molar refractivity (Wildman–Crippen MR) is 59.6 cm³/mol. The quantitative estimate of drug-likeness (QED) is 0.714. The van der Waals surface area contributed by atoms with Crippen molar-refractivity contribution in [3.05, 3.63) is 36.2 Å². The second-order valence-electron chi connectivity index (χ2n) is 3.40. The van der Waals surface area contributed by atoms with Gasteiger partial charge in [0.2, 0.25) is 0 Å². The molecule has 0 aliphatic carbocycles. The molecule has 13 heavy (non-hydrogen) atoms. The molecular formula is C11H17NS. The van der Waals surface area contributed by atoms with Gasteiger partial charge in [-0.1, -0.05) is 19.9 Å². The van der Waals surface area contributed by atoms with Crippen molar-refractivity contribution in [2.24, 2.45) is 0 Å². The molecule has 0 aliphatic rings. The summed E-state index contributed by atoms with van der Waals surface area (Å²) < 4.78 is 0. The minimum atomic E-state index is 0.0359. The molecule has 2 heteroatoms. The zero-order valence-corrected chi connectivity index (χ0v) is 9.23. The Morgan fingerprint density at radius 1 is 1.38 bits per heavy atom. The Morgan fingerprint density at radius 3 is 2.31 bits per heavy atom. The van der Waals surface area contributed by atoms with Gasteiger partial charge in [-0.15, -0.1) is 11.3 Å². The van der Waals surface area contributed by atoms with Crippen LogP contribution in [0.3, 0.4) is 0 Å². The zero-order valence-electron chi connectivity index (χ0n) is 8.42. The van der Waals surface area contributed by atoms with Crippen LogP contribution >= 0.6 is 11.3 Å². The molecule has 0 atom stereocenters. The van der Waals surface area contributed by atoms with Crippen molar-refractivity contribution in [2.45, 2.75) is 18.4 Å². The Hall–Kier alpha value is -0.340. The van der Waals surface area contributed by atoms with Crippen LogP contribution in [0.4, 0.5) is 0 Å². The molecule has 72 valence electrons. The summed E-state index contributed by atoms with van der Waals surface area (Å²) in [6.07, 6.45) is 1.73. The molecule has 0 aliphatic heterocycles. The van der Waals surface area contributed by atoms with E-state index in [1.54, 1.807) is 11.3 Å². The van der Waals surface area contributed by atoms with Crippen LogP contribution in [0.25, 0.3) is 0 Å². The summed E-state index contributed by atoms with van der Waals surface area (Å²) in [6, 6.07) is 4.25. The molecular weight excluding hydrogens is 178 g/mol. The summed E-state index contributed by atoms with van der Waals surface area (Å²) in [4.78, 5) is 3.58. The van der Waals surface area contributed by atoms with Crippen LogP contribution < -0.4 is 0 Å². The standard InChI is InChI=1S/C11H17NS/c1-5-11(6-2,12(3)4)10-8-7-9-13-10/h7-9H,1-2,5-6H2,3-4H3. The lowest BCUT2D eigenvalue weighted by atomic mass is 9.90. The van der Waals surface area contributed by atoms with E-state index in [4.69, 9.17) is 0 Å². The fourth-order valence-corrected chi connectivity index (χ4v) is 2.65. The molecule has 1 heterocycles. The highest BCUT2D eigenvalue weighted by molar-refractivity contribution is 7.10. The van der Waals surface area contributed by atoms with Crippen molar-refractivity contribution >= 4 is 11.3 Å². The van der Waals surface area contributed by atoms with Gasteiger partial charge in [-0.2, -0.15) is 0 Å². The van der Waals surface area contributed by atoms with Gasteiger partial charge in [-0.25, -0.2) is 0 Å². The van der Waals surface area contributed by atoms with E-state index in [1.807, 2.05) is 0 Å². The van der Waals surface area contributed by atoms with Gasteiger partial charge in [0.1, 0.15) is 0 Å². The van der Waals surface area contributed by atoms with E-state index in [0.717, 1.165) is 12.8 Å². The summed E-state index contributed by atoms with van der Waals surface area (Å²) in [7, 11) is 4.19. The van der Waals surface area contributed by atoms with Gasteiger partial charge in [0.25, 0.3) is 0 Å². The normalized spacial score (nSPS) is 12.4. The molecule has 0 N–H and O–H groups in total. The monoisotopic (exact) mass is 195 g/mol. The summed E-state index contributed by atoms with van der Waals surface area (Å²) in [5, 5.41) is 2.11. The average Bonchev–Trinajstić information content (AvgIpc) is 2.60. The molecule has 2 radical (unpaired) electrons. The fraction of sp³-hybridized carbons (Fsp3) is 0.455. The van der Waals surface area contributed by atoms with Crippen LogP contribution in [0, 0.1) is 13.8 Å². The maximum atomic E-state index is 4.03. The molecule has 0 spiro atoms. The third-order valence-electron chi connectivity index (χ3n) is 2.66. The van der Waals surface area contributed by atoms with Crippen molar-refractivity contribution in [3.8, 4) is 0 Å². The number of nitrogens with zero attached hydrogens (tertiary/aromatic N) is 1. The topological polar surface area (TPSA) is 3.24 Å². The summed E-state index contributed by atoms with van der Waals surface area (Å²) in [6.45, 7) is 8.06. The van der Waals surface area contributed by atoms with E-state index < -0.39 is 0 Å². The Bertz CT molecular complexity index is 235. The molecule has 0 bridgehead atoms. The molecule has 0 aromatic carbocycles. The number of thiophene rings is 1. The first-order valence-electron chi connectivity index (χ1n) is 4.47. The van der Waals surface area contributed by atoms with Gasteiger partial charge in [0.05, 0.1) is 5.54 Å². The molecule has 0 saturated heterocycles. The first-order valence-corrected chi connectivity index (χ1v) is 5.35. The predicted octanol–water partition coefficient (Wildman–Crippen LogP) is 2.95. The number of rotatable bonds is 4. The van der Waals surface area contributed by atoms with Crippen molar-refractivity contribution in [2.75, 3.05) is 14.1 Å². The fourth-order valence-electron chi connectivity index (χ4n) is 1.58. The van der Waals surface area contributed by atoms with Gasteiger partial charge in [0.15, 0.2) is 0 Å². The second kappa shape index (κ2) is 4.25. The highest BCUT2D eigenvalue weighted by atomic mass is 32.1. The van der Waals surface area contributed by atoms with Crippen LogP contribution in [-0.4, -0.2) is 19.0 Å². The van der Waals surface area contributed by atoms with Gasteiger partial charge in [-0.3, -0.25) is 4.90 Å². The lowest BCUT2D eigenvalue weighted by molar-refractivity contribution is 0.159. The van der Waals surface area contributed by atoms with E-state index in [-0.39, 0.29) is 5.54 Å². The third kappa shape index (κ3) is 1.79. The van der Waals surface area contributed by atoms with Crippen LogP contribution in [0.1, 0.15) is 17.7 Å². The lowest BCUT2D eigenvalue weighted by Gasteiger charge is -2.37. The van der Waals surface area contributed by atoms with Crippen LogP contribution in [0.15, 0.2) is 17.5 Å². The first kappa shape index (κ1) is 10.7. The van der Waals surface area contributed by atoms with E-state index in [1.165, 1.54) is 4.88 Å². The van der Waals surface area contributed by atoms with Gasteiger partial charge in [0, 0.05) is 4.88 Å². The smallest absolute Gasteiger partial charge is 0.0548 e. The minimum Gasteiger partial charge on any atom is -0.299 e. The zero-order chi connectivity index (χ0) is 9.90. The molecule has 1 aromatic rings. The van der Waals surface area contributed by atoms with Gasteiger partial charge >= 0.3 is 0 Å². The third-order valence-corrected chi connectivity index (χ3v) is 3.73. The Kier molecular flexibility index (Phi) is 3.51. The SMILES string of the molecule is [CH2]CC(C[CH2])(c1cccs1)N(C)C. The summed E-state index contributed by atoms with van der Waals surface area (Å²) in [5.41, 5.74) is 0.0359. The van der Waals surface area contributed by atoms with Gasteiger partial charge in [-0.05, 0) is 38.4 Å². The molecule has 0 fully saturated rings. The van der Waals surface area contributed by atoms with Crippen molar-refractivity contribution in [3.63, 3.8) is 0 Å². The van der Waals surface area contributed by atoms with E-state index in [9.17, 15) is 0 Å². The van der Waals surface area contributed by atoms with E-state index in [0.29, 0.717) is 0 Å². The van der Waals surface area contributed by atoms with Crippen molar-refractivity contribution in [1.82, 2.24) is 4.90 Å². The Balaban J connectivity index is 3.03. The van der Waals surface area contributed by atoms with Crippen molar-refractivity contribution < 1.29 is 0 Å².